The third-order valence-electron chi connectivity index (χ3n) is 3.11. The van der Waals surface area contributed by atoms with Crippen LogP contribution in [-0.2, 0) is 6.42 Å². The summed E-state index contributed by atoms with van der Waals surface area (Å²) in [7, 11) is 0. The van der Waals surface area contributed by atoms with Crippen LogP contribution in [0.5, 0.6) is 5.75 Å². The topological polar surface area (TPSA) is 44.0 Å². The summed E-state index contributed by atoms with van der Waals surface area (Å²) >= 11 is 7.15. The predicted octanol–water partition coefficient (Wildman–Crippen LogP) is 4.59. The summed E-state index contributed by atoms with van der Waals surface area (Å²) in [5.74, 6) is 1.22. The summed E-state index contributed by atoms with van der Waals surface area (Å²) in [6.07, 6.45) is 0.844. The van der Waals surface area contributed by atoms with Gasteiger partial charge in [0.2, 0.25) is 0 Å². The zero-order valence-electron chi connectivity index (χ0n) is 10.8. The number of thioether (sulfide) groups is 1. The number of benzene rings is 2. The van der Waals surface area contributed by atoms with Crippen molar-refractivity contribution in [2.24, 2.45) is 0 Å². The molecule has 0 spiro atoms. The highest BCUT2D eigenvalue weighted by Crippen LogP contribution is 2.26. The van der Waals surface area contributed by atoms with E-state index in [-0.39, 0.29) is 11.7 Å². The molecular formula is C16H14ClNOS. The molecule has 0 heterocycles. The van der Waals surface area contributed by atoms with Gasteiger partial charge in [0, 0.05) is 10.8 Å². The van der Waals surface area contributed by atoms with Crippen LogP contribution < -0.4 is 0 Å². The molecule has 1 N–H and O–H groups in total. The fourth-order valence-corrected chi connectivity index (χ4v) is 2.77. The van der Waals surface area contributed by atoms with E-state index in [9.17, 15) is 5.11 Å². The number of phenols is 1. The van der Waals surface area contributed by atoms with Crippen LogP contribution in [-0.4, -0.2) is 10.9 Å². The molecule has 0 radical (unpaired) electrons. The zero-order chi connectivity index (χ0) is 14.4. The minimum atomic E-state index is 0.237. The number of halogens is 1. The van der Waals surface area contributed by atoms with Crippen LogP contribution in [0.3, 0.4) is 0 Å². The Kier molecular flexibility index (Phi) is 5.34. The fourth-order valence-electron chi connectivity index (χ4n) is 2.06. The van der Waals surface area contributed by atoms with Crippen molar-refractivity contribution in [2.75, 3.05) is 5.75 Å². The first-order valence-electron chi connectivity index (χ1n) is 6.23. The molecule has 0 unspecified atom stereocenters. The second kappa shape index (κ2) is 7.23. The molecule has 4 heteroatoms. The Morgan fingerprint density at radius 3 is 2.35 bits per heavy atom. The number of aromatic hydroxyl groups is 1. The van der Waals surface area contributed by atoms with Crippen molar-refractivity contribution in [1.29, 1.82) is 5.26 Å². The minimum Gasteiger partial charge on any atom is -0.508 e. The van der Waals surface area contributed by atoms with Crippen molar-refractivity contribution < 1.29 is 5.11 Å². The minimum absolute atomic E-state index is 0.237. The summed E-state index contributed by atoms with van der Waals surface area (Å²) in [5, 5.41) is 21.0. The Morgan fingerprint density at radius 1 is 1.10 bits per heavy atom. The number of hydrogen-bond acceptors (Lipinski definition) is 3. The van der Waals surface area contributed by atoms with Crippen LogP contribution in [0.4, 0.5) is 0 Å². The van der Waals surface area contributed by atoms with E-state index in [1.807, 2.05) is 36.4 Å². The molecule has 0 saturated heterocycles. The van der Waals surface area contributed by atoms with Crippen LogP contribution in [0, 0.1) is 10.7 Å². The third-order valence-corrected chi connectivity index (χ3v) is 4.06. The van der Waals surface area contributed by atoms with Gasteiger partial charge in [0.15, 0.2) is 0 Å². The first-order chi connectivity index (χ1) is 9.69. The van der Waals surface area contributed by atoms with Crippen molar-refractivity contribution >= 4 is 23.4 Å². The number of rotatable bonds is 5. The molecule has 2 aromatic carbocycles. The van der Waals surface area contributed by atoms with E-state index < -0.39 is 0 Å². The molecule has 0 aliphatic heterocycles. The van der Waals surface area contributed by atoms with E-state index >= 15 is 0 Å². The number of thiocyanates is 1. The molecule has 2 nitrogen and oxygen atoms in total. The Balaban J connectivity index is 2.17. The Hall–Kier alpha value is -1.63. The van der Waals surface area contributed by atoms with Gasteiger partial charge in [0.25, 0.3) is 0 Å². The Labute approximate surface area is 128 Å². The van der Waals surface area contributed by atoms with Crippen molar-refractivity contribution in [3.8, 4) is 11.2 Å². The van der Waals surface area contributed by atoms with Gasteiger partial charge in [-0.05, 0) is 59.5 Å². The van der Waals surface area contributed by atoms with Gasteiger partial charge in [-0.2, -0.15) is 5.26 Å². The summed E-state index contributed by atoms with van der Waals surface area (Å²) in [6.45, 7) is 0. The SMILES string of the molecule is N#CSC[C@@H](Cc1ccc(Cl)cc1)c1ccc(O)cc1. The highest BCUT2D eigenvalue weighted by molar-refractivity contribution is 8.03. The maximum atomic E-state index is 9.36. The summed E-state index contributed by atoms with van der Waals surface area (Å²) < 4.78 is 0. The van der Waals surface area contributed by atoms with Crippen molar-refractivity contribution in [2.45, 2.75) is 12.3 Å². The van der Waals surface area contributed by atoms with Crippen LogP contribution in [0.15, 0.2) is 48.5 Å². The quantitative estimate of drug-likeness (QED) is 0.822. The highest BCUT2D eigenvalue weighted by Gasteiger charge is 2.13. The van der Waals surface area contributed by atoms with Gasteiger partial charge < -0.3 is 5.11 Å². The molecule has 20 heavy (non-hydrogen) atoms. The smallest absolute Gasteiger partial charge is 0.133 e. The third kappa shape index (κ3) is 4.19. The summed E-state index contributed by atoms with van der Waals surface area (Å²) in [5.41, 5.74) is 2.31. The summed E-state index contributed by atoms with van der Waals surface area (Å²) in [4.78, 5) is 0. The molecule has 102 valence electrons. The van der Waals surface area contributed by atoms with Gasteiger partial charge >= 0.3 is 0 Å². The van der Waals surface area contributed by atoms with Crippen molar-refractivity contribution in [3.05, 3.63) is 64.7 Å². The number of hydrogen-bond donors (Lipinski definition) is 1. The monoisotopic (exact) mass is 303 g/mol. The maximum Gasteiger partial charge on any atom is 0.133 e. The van der Waals surface area contributed by atoms with Crippen molar-refractivity contribution in [1.82, 2.24) is 0 Å². The Morgan fingerprint density at radius 2 is 1.75 bits per heavy atom. The van der Waals surface area contributed by atoms with E-state index in [1.54, 1.807) is 12.1 Å². The molecule has 2 aromatic rings. The summed E-state index contributed by atoms with van der Waals surface area (Å²) in [6, 6.07) is 15.0. The molecule has 0 aliphatic rings. The molecule has 0 aliphatic carbocycles. The second-order valence-electron chi connectivity index (χ2n) is 4.52. The first-order valence-corrected chi connectivity index (χ1v) is 7.59. The first kappa shape index (κ1) is 14.8. The van der Waals surface area contributed by atoms with Gasteiger partial charge in [-0.3, -0.25) is 0 Å². The standard InChI is InChI=1S/C16H14ClNOS/c17-15-5-1-12(2-6-15)9-14(10-20-11-18)13-3-7-16(19)8-4-13/h1-8,14,19H,9-10H2/t14-/m1/s1. The number of nitriles is 1. The van der Waals surface area contributed by atoms with Gasteiger partial charge in [-0.1, -0.05) is 35.9 Å². The van der Waals surface area contributed by atoms with Crippen LogP contribution in [0.1, 0.15) is 17.0 Å². The lowest BCUT2D eigenvalue weighted by atomic mass is 9.93. The lowest BCUT2D eigenvalue weighted by Crippen LogP contribution is -2.05. The second-order valence-corrected chi connectivity index (χ2v) is 5.76. The van der Waals surface area contributed by atoms with Crippen molar-refractivity contribution in [3.63, 3.8) is 0 Å². The molecule has 0 amide bonds. The molecule has 0 saturated carbocycles. The van der Waals surface area contributed by atoms with Gasteiger partial charge in [0.05, 0.1) is 0 Å². The lowest BCUT2D eigenvalue weighted by Gasteiger charge is -2.16. The highest BCUT2D eigenvalue weighted by atomic mass is 35.5. The lowest BCUT2D eigenvalue weighted by molar-refractivity contribution is 0.475. The fraction of sp³-hybridized carbons (Fsp3) is 0.188. The molecule has 1 atom stereocenters. The van der Waals surface area contributed by atoms with Gasteiger partial charge in [-0.25, -0.2) is 0 Å². The van der Waals surface area contributed by atoms with Gasteiger partial charge in [-0.15, -0.1) is 0 Å². The largest absolute Gasteiger partial charge is 0.508 e. The van der Waals surface area contributed by atoms with E-state index in [0.29, 0.717) is 0 Å². The van der Waals surface area contributed by atoms with Gasteiger partial charge in [0.1, 0.15) is 11.2 Å². The van der Waals surface area contributed by atoms with E-state index in [1.165, 1.54) is 17.3 Å². The number of phenolic OH excluding ortho intramolecular Hbond substituents is 1. The van der Waals surface area contributed by atoms with E-state index in [0.717, 1.165) is 22.8 Å². The van der Waals surface area contributed by atoms with E-state index in [4.69, 9.17) is 16.9 Å². The zero-order valence-corrected chi connectivity index (χ0v) is 12.4. The molecule has 0 bridgehead atoms. The molecule has 0 fully saturated rings. The molecular weight excluding hydrogens is 290 g/mol. The molecule has 0 aromatic heterocycles. The predicted molar refractivity (Wildman–Crippen MR) is 84.1 cm³/mol. The molecule has 2 rings (SSSR count). The van der Waals surface area contributed by atoms with E-state index in [2.05, 4.69) is 5.40 Å². The average molecular weight is 304 g/mol. The van der Waals surface area contributed by atoms with Crippen LogP contribution >= 0.6 is 23.4 Å². The van der Waals surface area contributed by atoms with Crippen LogP contribution in [0.2, 0.25) is 5.02 Å². The Bertz CT molecular complexity index is 589. The average Bonchev–Trinajstić information content (AvgIpc) is 2.46. The maximum absolute atomic E-state index is 9.36. The number of nitrogens with zero attached hydrogens (tertiary/aromatic N) is 1. The van der Waals surface area contributed by atoms with Crippen LogP contribution in [0.25, 0.3) is 0 Å². The normalized spacial score (nSPS) is 11.8.